The molecule has 5 nitrogen and oxygen atoms in total. The summed E-state index contributed by atoms with van der Waals surface area (Å²) in [5, 5.41) is 3.93. The molecule has 1 unspecified atom stereocenters. The maximum Gasteiger partial charge on any atom is 0.358 e. The van der Waals surface area contributed by atoms with Crippen molar-refractivity contribution >= 4 is 12.3 Å². The fraction of sp³-hybridized carbons (Fsp3) is 0.444. The topological polar surface area (TPSA) is 61.2 Å². The molecule has 0 aliphatic rings. The van der Waals surface area contributed by atoms with Gasteiger partial charge >= 0.3 is 5.97 Å². The van der Waals surface area contributed by atoms with Crippen LogP contribution in [0.25, 0.3) is 0 Å². The summed E-state index contributed by atoms with van der Waals surface area (Å²) >= 11 is 0. The van der Waals surface area contributed by atoms with Crippen molar-refractivity contribution in [1.29, 1.82) is 0 Å². The van der Waals surface area contributed by atoms with Gasteiger partial charge in [0.15, 0.2) is 5.69 Å². The number of esters is 1. The SMILES string of the molecule is COC(=O)c1nn(C)cc1C(C)C=O. The van der Waals surface area contributed by atoms with E-state index in [1.54, 1.807) is 20.2 Å². The van der Waals surface area contributed by atoms with Crippen molar-refractivity contribution in [1.82, 2.24) is 9.78 Å². The number of aryl methyl sites for hydroxylation is 1. The fourth-order valence-corrected chi connectivity index (χ4v) is 1.17. The minimum atomic E-state index is -0.519. The van der Waals surface area contributed by atoms with Crippen LogP contribution in [0.5, 0.6) is 0 Å². The predicted molar refractivity (Wildman–Crippen MR) is 49.0 cm³/mol. The number of hydrogen-bond donors (Lipinski definition) is 0. The lowest BCUT2D eigenvalue weighted by Gasteiger charge is -2.01. The van der Waals surface area contributed by atoms with Gasteiger partial charge in [-0.05, 0) is 0 Å². The zero-order valence-electron chi connectivity index (χ0n) is 8.35. The molecule has 1 rings (SSSR count). The molecule has 0 saturated carbocycles. The molecule has 0 N–H and O–H groups in total. The highest BCUT2D eigenvalue weighted by Gasteiger charge is 2.20. The van der Waals surface area contributed by atoms with Crippen LogP contribution in [-0.4, -0.2) is 29.1 Å². The zero-order chi connectivity index (χ0) is 10.7. The van der Waals surface area contributed by atoms with Crippen LogP contribution in [0, 0.1) is 0 Å². The van der Waals surface area contributed by atoms with Crippen molar-refractivity contribution in [3.8, 4) is 0 Å². The van der Waals surface area contributed by atoms with E-state index in [1.807, 2.05) is 0 Å². The van der Waals surface area contributed by atoms with Crippen LogP contribution in [0.1, 0.15) is 28.9 Å². The number of carbonyl (C=O) groups is 2. The summed E-state index contributed by atoms with van der Waals surface area (Å²) in [7, 11) is 2.97. The van der Waals surface area contributed by atoms with Crippen LogP contribution >= 0.6 is 0 Å². The summed E-state index contributed by atoms with van der Waals surface area (Å²) in [5.41, 5.74) is 0.795. The largest absolute Gasteiger partial charge is 0.464 e. The second-order valence-electron chi connectivity index (χ2n) is 3.02. The highest BCUT2D eigenvalue weighted by Crippen LogP contribution is 2.17. The lowest BCUT2D eigenvalue weighted by molar-refractivity contribution is -0.108. The van der Waals surface area contributed by atoms with E-state index in [4.69, 9.17) is 0 Å². The van der Waals surface area contributed by atoms with E-state index in [0.29, 0.717) is 5.56 Å². The van der Waals surface area contributed by atoms with Crippen molar-refractivity contribution < 1.29 is 14.3 Å². The first-order chi connectivity index (χ1) is 6.60. The van der Waals surface area contributed by atoms with Crippen molar-refractivity contribution in [2.75, 3.05) is 7.11 Å². The Kier molecular flexibility index (Phi) is 3.01. The summed E-state index contributed by atoms with van der Waals surface area (Å²) in [6.45, 7) is 1.70. The van der Waals surface area contributed by atoms with Gasteiger partial charge in [-0.15, -0.1) is 0 Å². The first-order valence-corrected chi connectivity index (χ1v) is 4.17. The van der Waals surface area contributed by atoms with Gasteiger partial charge in [0, 0.05) is 24.7 Å². The monoisotopic (exact) mass is 196 g/mol. The van der Waals surface area contributed by atoms with Gasteiger partial charge in [0.2, 0.25) is 0 Å². The molecule has 14 heavy (non-hydrogen) atoms. The number of aromatic nitrogens is 2. The molecule has 1 atom stereocenters. The third kappa shape index (κ3) is 1.81. The van der Waals surface area contributed by atoms with Gasteiger partial charge < -0.3 is 9.53 Å². The van der Waals surface area contributed by atoms with Crippen LogP contribution in [0.3, 0.4) is 0 Å². The zero-order valence-corrected chi connectivity index (χ0v) is 8.35. The number of ether oxygens (including phenoxy) is 1. The van der Waals surface area contributed by atoms with Crippen molar-refractivity contribution in [3.05, 3.63) is 17.5 Å². The number of nitrogens with zero attached hydrogens (tertiary/aromatic N) is 2. The Morgan fingerprint density at radius 2 is 2.36 bits per heavy atom. The Morgan fingerprint density at radius 1 is 1.71 bits per heavy atom. The normalized spacial score (nSPS) is 12.2. The second kappa shape index (κ2) is 4.04. The molecule has 0 amide bonds. The van der Waals surface area contributed by atoms with E-state index in [2.05, 4.69) is 9.84 Å². The van der Waals surface area contributed by atoms with Crippen LogP contribution in [0.4, 0.5) is 0 Å². The summed E-state index contributed by atoms with van der Waals surface area (Å²) < 4.78 is 6.04. The number of rotatable bonds is 3. The first-order valence-electron chi connectivity index (χ1n) is 4.17. The van der Waals surface area contributed by atoms with Crippen LogP contribution in [0.2, 0.25) is 0 Å². The number of aldehydes is 1. The Labute approximate surface area is 81.7 Å². The summed E-state index contributed by atoms with van der Waals surface area (Å²) in [4.78, 5) is 21.8. The summed E-state index contributed by atoms with van der Waals surface area (Å²) in [6.07, 6.45) is 2.41. The van der Waals surface area contributed by atoms with Crippen molar-refractivity contribution in [2.24, 2.45) is 7.05 Å². The average Bonchev–Trinajstić information content (AvgIpc) is 2.58. The molecule has 0 spiro atoms. The summed E-state index contributed by atoms with van der Waals surface area (Å²) in [6, 6.07) is 0. The number of carbonyl (C=O) groups excluding carboxylic acids is 2. The van der Waals surface area contributed by atoms with Crippen LogP contribution < -0.4 is 0 Å². The smallest absolute Gasteiger partial charge is 0.358 e. The van der Waals surface area contributed by atoms with E-state index in [1.165, 1.54) is 11.8 Å². The van der Waals surface area contributed by atoms with Gasteiger partial charge in [-0.1, -0.05) is 6.92 Å². The lowest BCUT2D eigenvalue weighted by Crippen LogP contribution is -2.07. The highest BCUT2D eigenvalue weighted by atomic mass is 16.5. The second-order valence-corrected chi connectivity index (χ2v) is 3.02. The minimum Gasteiger partial charge on any atom is -0.464 e. The van der Waals surface area contributed by atoms with Crippen LogP contribution in [0.15, 0.2) is 6.20 Å². The molecule has 0 aromatic carbocycles. The molecule has 0 saturated heterocycles. The van der Waals surface area contributed by atoms with E-state index < -0.39 is 5.97 Å². The molecule has 0 fully saturated rings. The van der Waals surface area contributed by atoms with Crippen LogP contribution in [-0.2, 0) is 16.6 Å². The molecule has 1 heterocycles. The number of hydrogen-bond acceptors (Lipinski definition) is 4. The molecule has 0 aliphatic carbocycles. The maximum absolute atomic E-state index is 11.3. The van der Waals surface area contributed by atoms with Gasteiger partial charge in [-0.25, -0.2) is 4.79 Å². The van der Waals surface area contributed by atoms with Crippen molar-refractivity contribution in [3.63, 3.8) is 0 Å². The molecule has 76 valence electrons. The Bertz CT molecular complexity index is 357. The van der Waals surface area contributed by atoms with E-state index in [0.717, 1.165) is 6.29 Å². The van der Waals surface area contributed by atoms with Gasteiger partial charge in [0.1, 0.15) is 6.29 Å². The average molecular weight is 196 g/mol. The van der Waals surface area contributed by atoms with E-state index in [9.17, 15) is 9.59 Å². The Hall–Kier alpha value is -1.65. The highest BCUT2D eigenvalue weighted by molar-refractivity contribution is 5.90. The minimum absolute atomic E-state index is 0.203. The molecular weight excluding hydrogens is 184 g/mol. The first kappa shape index (κ1) is 10.4. The standard InChI is InChI=1S/C9H12N2O3/c1-6(5-12)7-4-11(2)10-8(7)9(13)14-3/h4-6H,1-3H3. The Morgan fingerprint density at radius 3 is 2.86 bits per heavy atom. The third-order valence-electron chi connectivity index (χ3n) is 1.93. The molecule has 1 aromatic heterocycles. The number of methoxy groups -OCH3 is 1. The Balaban J connectivity index is 3.14. The molecule has 5 heteroatoms. The summed E-state index contributed by atoms with van der Waals surface area (Å²) in [5.74, 6) is -0.868. The molecule has 1 aromatic rings. The van der Waals surface area contributed by atoms with Gasteiger partial charge in [0.25, 0.3) is 0 Å². The van der Waals surface area contributed by atoms with Gasteiger partial charge in [-0.2, -0.15) is 5.10 Å². The lowest BCUT2D eigenvalue weighted by atomic mass is 10.0. The van der Waals surface area contributed by atoms with Gasteiger partial charge in [0.05, 0.1) is 7.11 Å². The third-order valence-corrected chi connectivity index (χ3v) is 1.93. The maximum atomic E-state index is 11.3. The van der Waals surface area contributed by atoms with E-state index >= 15 is 0 Å². The fourth-order valence-electron chi connectivity index (χ4n) is 1.17. The van der Waals surface area contributed by atoms with Gasteiger partial charge in [-0.3, -0.25) is 4.68 Å². The van der Waals surface area contributed by atoms with E-state index in [-0.39, 0.29) is 11.6 Å². The molecule has 0 aliphatic heterocycles. The van der Waals surface area contributed by atoms with Crippen molar-refractivity contribution in [2.45, 2.75) is 12.8 Å². The molecule has 0 radical (unpaired) electrons. The molecular formula is C9H12N2O3. The quantitative estimate of drug-likeness (QED) is 0.522. The predicted octanol–water partition coefficient (Wildman–Crippen LogP) is 0.509. The molecule has 0 bridgehead atoms.